The van der Waals surface area contributed by atoms with E-state index in [4.69, 9.17) is 4.74 Å². The number of aromatic nitrogens is 2. The third kappa shape index (κ3) is 5.41. The minimum absolute atomic E-state index is 0.0977. The predicted molar refractivity (Wildman–Crippen MR) is 106 cm³/mol. The summed E-state index contributed by atoms with van der Waals surface area (Å²) < 4.78 is 32.7. The quantitative estimate of drug-likeness (QED) is 0.572. The van der Waals surface area contributed by atoms with E-state index < -0.39 is 10.0 Å². The summed E-state index contributed by atoms with van der Waals surface area (Å²) >= 11 is 0. The first-order valence-electron chi connectivity index (χ1n) is 9.75. The molecule has 1 atom stereocenters. The number of carbonyl (C=O) groups excluding carboxylic acids is 2. The molecule has 29 heavy (non-hydrogen) atoms. The van der Waals surface area contributed by atoms with Gasteiger partial charge in [-0.05, 0) is 25.3 Å². The molecule has 2 amide bonds. The second kappa shape index (κ2) is 9.04. The number of imide groups is 1. The molecular weight excluding hydrogens is 398 g/mol. The van der Waals surface area contributed by atoms with Crippen molar-refractivity contribution in [2.24, 2.45) is 0 Å². The molecule has 0 aliphatic carbocycles. The monoisotopic (exact) mass is 425 g/mol. The van der Waals surface area contributed by atoms with Crippen LogP contribution >= 0.6 is 0 Å². The van der Waals surface area contributed by atoms with Crippen LogP contribution in [0.25, 0.3) is 0 Å². The highest BCUT2D eigenvalue weighted by Gasteiger charge is 2.32. The van der Waals surface area contributed by atoms with Crippen molar-refractivity contribution in [2.75, 3.05) is 44.4 Å². The van der Waals surface area contributed by atoms with Crippen LogP contribution in [-0.2, 0) is 19.6 Å². The summed E-state index contributed by atoms with van der Waals surface area (Å²) in [6, 6.07) is 3.50. The maximum atomic E-state index is 12.7. The zero-order valence-electron chi connectivity index (χ0n) is 16.8. The molecule has 0 N–H and O–H groups in total. The molecule has 2 aliphatic heterocycles. The van der Waals surface area contributed by atoms with E-state index in [1.165, 1.54) is 4.31 Å². The minimum Gasteiger partial charge on any atom is -0.472 e. The molecule has 2 aliphatic rings. The van der Waals surface area contributed by atoms with Crippen LogP contribution < -0.4 is 9.64 Å². The Labute approximate surface area is 170 Å². The van der Waals surface area contributed by atoms with Crippen molar-refractivity contribution in [2.45, 2.75) is 38.2 Å². The van der Waals surface area contributed by atoms with Crippen LogP contribution in [0.1, 0.15) is 32.1 Å². The first-order valence-corrected chi connectivity index (χ1v) is 11.4. The molecule has 2 saturated heterocycles. The van der Waals surface area contributed by atoms with Gasteiger partial charge >= 0.3 is 0 Å². The topological polar surface area (TPSA) is 113 Å². The number of anilines is 1. The Morgan fingerprint density at radius 2 is 1.86 bits per heavy atom. The number of amides is 2. The van der Waals surface area contributed by atoms with Crippen molar-refractivity contribution >= 4 is 27.7 Å². The fourth-order valence-corrected chi connectivity index (χ4v) is 4.90. The smallest absolute Gasteiger partial charge is 0.233 e. The van der Waals surface area contributed by atoms with E-state index in [9.17, 15) is 18.0 Å². The van der Waals surface area contributed by atoms with Gasteiger partial charge in [-0.3, -0.25) is 14.5 Å². The molecule has 0 spiro atoms. The Morgan fingerprint density at radius 1 is 1.14 bits per heavy atom. The van der Waals surface area contributed by atoms with Gasteiger partial charge in [0, 0.05) is 46.1 Å². The van der Waals surface area contributed by atoms with Gasteiger partial charge in [0.25, 0.3) is 0 Å². The van der Waals surface area contributed by atoms with E-state index in [1.807, 2.05) is 19.0 Å². The van der Waals surface area contributed by atoms with Crippen molar-refractivity contribution in [3.05, 3.63) is 12.1 Å². The summed E-state index contributed by atoms with van der Waals surface area (Å²) in [5.41, 5.74) is 0. The Balaban J connectivity index is 1.57. The fraction of sp³-hybridized carbons (Fsp3) is 0.667. The molecular formula is C18H27N5O5S. The average molecular weight is 426 g/mol. The molecule has 3 rings (SSSR count). The van der Waals surface area contributed by atoms with Crippen molar-refractivity contribution in [1.29, 1.82) is 0 Å². The largest absolute Gasteiger partial charge is 0.472 e. The van der Waals surface area contributed by atoms with E-state index in [0.717, 1.165) is 4.90 Å². The van der Waals surface area contributed by atoms with Gasteiger partial charge in [0.05, 0.1) is 12.3 Å². The first-order chi connectivity index (χ1) is 13.8. The SMILES string of the molecule is CN(C)c1ccc(OC2CCCN(S(=O)(=O)CCN3C(=O)CCCC3=O)C2)nn1. The number of carbonyl (C=O) groups is 2. The Morgan fingerprint density at radius 3 is 2.48 bits per heavy atom. The molecule has 11 heteroatoms. The number of piperidine rings is 2. The zero-order valence-corrected chi connectivity index (χ0v) is 17.6. The van der Waals surface area contributed by atoms with E-state index >= 15 is 0 Å². The van der Waals surface area contributed by atoms with Gasteiger partial charge in [0.2, 0.25) is 27.7 Å². The highest BCUT2D eigenvalue weighted by atomic mass is 32.2. The summed E-state index contributed by atoms with van der Waals surface area (Å²) in [5.74, 6) is 0.192. The third-order valence-corrected chi connectivity index (χ3v) is 6.88. The van der Waals surface area contributed by atoms with Gasteiger partial charge < -0.3 is 9.64 Å². The summed E-state index contributed by atoms with van der Waals surface area (Å²) in [7, 11) is 0.113. The van der Waals surface area contributed by atoms with Crippen LogP contribution in [0.3, 0.4) is 0 Å². The van der Waals surface area contributed by atoms with Crippen molar-refractivity contribution < 1.29 is 22.7 Å². The van der Waals surface area contributed by atoms with Gasteiger partial charge in [-0.1, -0.05) is 0 Å². The van der Waals surface area contributed by atoms with E-state index in [2.05, 4.69) is 10.2 Å². The number of hydrogen-bond donors (Lipinski definition) is 0. The van der Waals surface area contributed by atoms with Crippen molar-refractivity contribution in [1.82, 2.24) is 19.4 Å². The lowest BCUT2D eigenvalue weighted by Gasteiger charge is -2.32. The Bertz CT molecular complexity index is 827. The average Bonchev–Trinajstić information content (AvgIpc) is 2.68. The number of ether oxygens (including phenoxy) is 1. The summed E-state index contributed by atoms with van der Waals surface area (Å²) in [6.45, 7) is 0.510. The number of hydrogen-bond acceptors (Lipinski definition) is 8. The van der Waals surface area contributed by atoms with Gasteiger partial charge in [-0.25, -0.2) is 8.42 Å². The van der Waals surface area contributed by atoms with E-state index in [1.54, 1.807) is 12.1 Å². The summed E-state index contributed by atoms with van der Waals surface area (Å²) in [5, 5.41) is 8.09. The molecule has 1 unspecified atom stereocenters. The molecule has 1 aromatic rings. The lowest BCUT2D eigenvalue weighted by molar-refractivity contribution is -0.147. The Kier molecular flexibility index (Phi) is 6.68. The highest BCUT2D eigenvalue weighted by molar-refractivity contribution is 7.89. The molecule has 10 nitrogen and oxygen atoms in total. The lowest BCUT2D eigenvalue weighted by atomic mass is 10.1. The van der Waals surface area contributed by atoms with Gasteiger partial charge in [-0.15, -0.1) is 10.2 Å². The number of sulfonamides is 1. The first kappa shape index (κ1) is 21.4. The van der Waals surface area contributed by atoms with Crippen LogP contribution in [0.5, 0.6) is 5.88 Å². The molecule has 3 heterocycles. The molecule has 0 aromatic carbocycles. The predicted octanol–water partition coefficient (Wildman–Crippen LogP) is 0.255. The fourth-order valence-electron chi connectivity index (χ4n) is 3.42. The van der Waals surface area contributed by atoms with Crippen molar-refractivity contribution in [3.8, 4) is 5.88 Å². The second-order valence-electron chi connectivity index (χ2n) is 7.47. The van der Waals surface area contributed by atoms with Gasteiger partial charge in [0.1, 0.15) is 6.10 Å². The molecule has 160 valence electrons. The van der Waals surface area contributed by atoms with Crippen LogP contribution in [0, 0.1) is 0 Å². The van der Waals surface area contributed by atoms with Crippen LogP contribution in [0.2, 0.25) is 0 Å². The van der Waals surface area contributed by atoms with E-state index in [-0.39, 0.29) is 36.8 Å². The standard InChI is InChI=1S/C18H27N5O5S/c1-21(2)15-8-9-16(20-19-15)28-14-5-4-10-22(13-14)29(26,27)12-11-23-17(24)6-3-7-18(23)25/h8-9,14H,3-7,10-13H2,1-2H3. The third-order valence-electron chi connectivity index (χ3n) is 5.06. The summed E-state index contributed by atoms with van der Waals surface area (Å²) in [6.07, 6.45) is 2.17. The Hall–Kier alpha value is -2.27. The molecule has 1 aromatic heterocycles. The zero-order chi connectivity index (χ0) is 21.0. The van der Waals surface area contributed by atoms with Crippen LogP contribution in [-0.4, -0.2) is 85.2 Å². The molecule has 0 bridgehead atoms. The highest BCUT2D eigenvalue weighted by Crippen LogP contribution is 2.20. The van der Waals surface area contributed by atoms with Crippen LogP contribution in [0.15, 0.2) is 12.1 Å². The molecule has 0 saturated carbocycles. The second-order valence-corrected chi connectivity index (χ2v) is 9.56. The normalized spacial score (nSPS) is 21.3. The van der Waals surface area contributed by atoms with Crippen LogP contribution in [0.4, 0.5) is 5.82 Å². The van der Waals surface area contributed by atoms with E-state index in [0.29, 0.717) is 50.3 Å². The number of likely N-dealkylation sites (tertiary alicyclic amines) is 1. The van der Waals surface area contributed by atoms with Crippen molar-refractivity contribution in [3.63, 3.8) is 0 Å². The molecule has 2 fully saturated rings. The minimum atomic E-state index is -3.61. The maximum absolute atomic E-state index is 12.7. The van der Waals surface area contributed by atoms with Gasteiger partial charge in [0.15, 0.2) is 5.82 Å². The maximum Gasteiger partial charge on any atom is 0.233 e. The number of nitrogens with zero attached hydrogens (tertiary/aromatic N) is 5. The lowest BCUT2D eigenvalue weighted by Crippen LogP contribution is -2.48. The summed E-state index contributed by atoms with van der Waals surface area (Å²) in [4.78, 5) is 26.7. The van der Waals surface area contributed by atoms with Gasteiger partial charge in [-0.2, -0.15) is 4.31 Å². The molecule has 0 radical (unpaired) electrons. The number of rotatable bonds is 7.